The molecule has 1 atom stereocenters. The smallest absolute Gasteiger partial charge is 0.264 e. The van der Waals surface area contributed by atoms with Crippen LogP contribution < -0.4 is 9.62 Å². The van der Waals surface area contributed by atoms with Gasteiger partial charge >= 0.3 is 0 Å². The van der Waals surface area contributed by atoms with Gasteiger partial charge in [-0.3, -0.25) is 4.31 Å². The molecule has 5 heteroatoms. The number of rotatable bonds is 5. The Labute approximate surface area is 150 Å². The SMILES string of the molecule is CCCCCNC1c2ccccc2N(C)S(=O)(=O)c2cc(C)ccc21. The van der Waals surface area contributed by atoms with Crippen molar-refractivity contribution in [3.05, 3.63) is 59.2 Å². The fourth-order valence-electron chi connectivity index (χ4n) is 3.41. The number of aryl methyl sites for hydroxylation is 1. The van der Waals surface area contributed by atoms with E-state index in [1.54, 1.807) is 13.1 Å². The summed E-state index contributed by atoms with van der Waals surface area (Å²) in [6.45, 7) is 4.97. The Bertz CT molecular complexity index is 862. The molecule has 0 amide bonds. The highest BCUT2D eigenvalue weighted by Gasteiger charge is 2.34. The van der Waals surface area contributed by atoms with Gasteiger partial charge in [-0.1, -0.05) is 50.1 Å². The summed E-state index contributed by atoms with van der Waals surface area (Å²) in [7, 11) is -1.93. The van der Waals surface area contributed by atoms with Crippen molar-refractivity contribution in [1.82, 2.24) is 5.32 Å². The molecule has 0 aromatic heterocycles. The van der Waals surface area contributed by atoms with Crippen LogP contribution in [0.4, 0.5) is 5.69 Å². The third-order valence-corrected chi connectivity index (χ3v) is 6.66. The van der Waals surface area contributed by atoms with Crippen molar-refractivity contribution in [2.45, 2.75) is 44.0 Å². The maximum absolute atomic E-state index is 13.2. The highest BCUT2D eigenvalue weighted by atomic mass is 32.2. The number of nitrogens with one attached hydrogen (secondary N) is 1. The number of unbranched alkanes of at least 4 members (excludes halogenated alkanes) is 2. The van der Waals surface area contributed by atoms with Gasteiger partial charge in [0.15, 0.2) is 0 Å². The van der Waals surface area contributed by atoms with Crippen LogP contribution in [-0.4, -0.2) is 22.0 Å². The van der Waals surface area contributed by atoms with Crippen LogP contribution in [0.15, 0.2) is 47.4 Å². The molecule has 2 aromatic carbocycles. The second kappa shape index (κ2) is 7.18. The Balaban J connectivity index is 2.15. The summed E-state index contributed by atoms with van der Waals surface area (Å²) in [5, 5.41) is 3.60. The maximum Gasteiger partial charge on any atom is 0.264 e. The Morgan fingerprint density at radius 2 is 1.84 bits per heavy atom. The molecule has 1 aliphatic heterocycles. The lowest BCUT2D eigenvalue weighted by atomic mass is 9.96. The molecular weight excluding hydrogens is 332 g/mol. The highest BCUT2D eigenvalue weighted by molar-refractivity contribution is 7.92. The Morgan fingerprint density at radius 1 is 1.08 bits per heavy atom. The third kappa shape index (κ3) is 3.31. The molecule has 2 aromatic rings. The van der Waals surface area contributed by atoms with E-state index in [0.29, 0.717) is 4.90 Å². The van der Waals surface area contributed by atoms with Crippen LogP contribution in [0.5, 0.6) is 0 Å². The topological polar surface area (TPSA) is 49.4 Å². The van der Waals surface area contributed by atoms with Gasteiger partial charge in [0, 0.05) is 7.05 Å². The van der Waals surface area contributed by atoms with E-state index in [-0.39, 0.29) is 6.04 Å². The van der Waals surface area contributed by atoms with Crippen LogP contribution in [0.3, 0.4) is 0 Å². The standard InChI is InChI=1S/C20H26N2O2S/c1-4-5-8-13-21-20-16-9-6-7-10-18(16)22(3)25(23,24)19-14-15(2)11-12-17(19)20/h6-7,9-12,14,20-21H,4-5,8,13H2,1-3H3. The summed E-state index contributed by atoms with van der Waals surface area (Å²) in [5.74, 6) is 0. The van der Waals surface area contributed by atoms with E-state index in [1.807, 2.05) is 43.3 Å². The number of sulfonamides is 1. The van der Waals surface area contributed by atoms with Gasteiger partial charge in [-0.15, -0.1) is 0 Å². The molecule has 3 rings (SSSR count). The van der Waals surface area contributed by atoms with Crippen molar-refractivity contribution in [2.75, 3.05) is 17.9 Å². The lowest BCUT2D eigenvalue weighted by Crippen LogP contribution is -2.26. The summed E-state index contributed by atoms with van der Waals surface area (Å²) < 4.78 is 27.7. The molecule has 1 unspecified atom stereocenters. The molecule has 0 aliphatic carbocycles. The van der Waals surface area contributed by atoms with Crippen molar-refractivity contribution in [2.24, 2.45) is 0 Å². The lowest BCUT2D eigenvalue weighted by Gasteiger charge is -2.22. The van der Waals surface area contributed by atoms with Crippen LogP contribution >= 0.6 is 0 Å². The van der Waals surface area contributed by atoms with Crippen molar-refractivity contribution in [1.29, 1.82) is 0 Å². The van der Waals surface area contributed by atoms with Gasteiger partial charge < -0.3 is 5.32 Å². The number of nitrogens with zero attached hydrogens (tertiary/aromatic N) is 1. The lowest BCUT2D eigenvalue weighted by molar-refractivity contribution is 0.559. The van der Waals surface area contributed by atoms with Gasteiger partial charge in [0.1, 0.15) is 0 Å². The minimum Gasteiger partial charge on any atom is -0.306 e. The van der Waals surface area contributed by atoms with Crippen molar-refractivity contribution < 1.29 is 8.42 Å². The fraction of sp³-hybridized carbons (Fsp3) is 0.400. The van der Waals surface area contributed by atoms with Crippen molar-refractivity contribution in [3.8, 4) is 0 Å². The van der Waals surface area contributed by atoms with Crippen molar-refractivity contribution in [3.63, 3.8) is 0 Å². The monoisotopic (exact) mass is 358 g/mol. The molecule has 1 N–H and O–H groups in total. The van der Waals surface area contributed by atoms with E-state index in [9.17, 15) is 8.42 Å². The summed E-state index contributed by atoms with van der Waals surface area (Å²) in [6.07, 6.45) is 3.41. The second-order valence-electron chi connectivity index (χ2n) is 6.67. The average Bonchev–Trinajstić information content (AvgIpc) is 2.67. The first-order chi connectivity index (χ1) is 12.0. The molecule has 1 aliphatic rings. The van der Waals surface area contributed by atoms with E-state index in [2.05, 4.69) is 12.2 Å². The van der Waals surface area contributed by atoms with E-state index in [0.717, 1.165) is 41.8 Å². The van der Waals surface area contributed by atoms with E-state index in [1.165, 1.54) is 10.7 Å². The third-order valence-electron chi connectivity index (χ3n) is 4.83. The fourth-order valence-corrected chi connectivity index (χ4v) is 4.95. The summed E-state index contributed by atoms with van der Waals surface area (Å²) in [6, 6.07) is 13.4. The predicted molar refractivity (Wildman–Crippen MR) is 103 cm³/mol. The number of benzene rings is 2. The zero-order valence-electron chi connectivity index (χ0n) is 15.1. The van der Waals surface area contributed by atoms with E-state index < -0.39 is 10.0 Å². The largest absolute Gasteiger partial charge is 0.306 e. The normalized spacial score (nSPS) is 18.4. The van der Waals surface area contributed by atoms with Crippen LogP contribution in [0.25, 0.3) is 0 Å². The molecule has 0 saturated carbocycles. The van der Waals surface area contributed by atoms with Gasteiger partial charge in [-0.05, 0) is 48.7 Å². The summed E-state index contributed by atoms with van der Waals surface area (Å²) in [5.41, 5.74) is 3.53. The summed E-state index contributed by atoms with van der Waals surface area (Å²) in [4.78, 5) is 0.402. The van der Waals surface area contributed by atoms with E-state index in [4.69, 9.17) is 0 Å². The molecular formula is C20H26N2O2S. The predicted octanol–water partition coefficient (Wildman–Crippen LogP) is 4.00. The van der Waals surface area contributed by atoms with Crippen LogP contribution in [0, 0.1) is 6.92 Å². The van der Waals surface area contributed by atoms with Crippen LogP contribution in [0.1, 0.15) is 48.9 Å². The minimum absolute atomic E-state index is 0.122. The van der Waals surface area contributed by atoms with Crippen LogP contribution in [0.2, 0.25) is 0 Å². The summed E-state index contributed by atoms with van der Waals surface area (Å²) >= 11 is 0. The van der Waals surface area contributed by atoms with Crippen molar-refractivity contribution >= 4 is 15.7 Å². The van der Waals surface area contributed by atoms with Gasteiger partial charge in [-0.2, -0.15) is 0 Å². The maximum atomic E-state index is 13.2. The highest BCUT2D eigenvalue weighted by Crippen LogP contribution is 2.40. The number of para-hydroxylation sites is 1. The molecule has 0 bridgehead atoms. The molecule has 25 heavy (non-hydrogen) atoms. The van der Waals surface area contributed by atoms with Gasteiger partial charge in [0.25, 0.3) is 10.0 Å². The molecule has 134 valence electrons. The quantitative estimate of drug-likeness (QED) is 0.822. The van der Waals surface area contributed by atoms with Gasteiger partial charge in [0.2, 0.25) is 0 Å². The minimum atomic E-state index is -3.57. The number of hydrogen-bond acceptors (Lipinski definition) is 3. The molecule has 4 nitrogen and oxygen atoms in total. The molecule has 0 radical (unpaired) electrons. The van der Waals surface area contributed by atoms with Crippen LogP contribution in [-0.2, 0) is 10.0 Å². The first-order valence-corrected chi connectivity index (χ1v) is 10.3. The van der Waals surface area contributed by atoms with E-state index >= 15 is 0 Å². The number of fused-ring (bicyclic) bond motifs is 2. The average molecular weight is 359 g/mol. The number of anilines is 1. The Morgan fingerprint density at radius 3 is 2.60 bits per heavy atom. The zero-order valence-corrected chi connectivity index (χ0v) is 15.9. The Kier molecular flexibility index (Phi) is 5.16. The van der Waals surface area contributed by atoms with Gasteiger partial charge in [0.05, 0.1) is 16.6 Å². The molecule has 0 saturated heterocycles. The molecule has 0 spiro atoms. The number of hydrogen-bond donors (Lipinski definition) is 1. The second-order valence-corrected chi connectivity index (χ2v) is 8.60. The van der Waals surface area contributed by atoms with Gasteiger partial charge in [-0.25, -0.2) is 8.42 Å². The Hall–Kier alpha value is -1.85. The first kappa shape index (κ1) is 18.0. The first-order valence-electron chi connectivity index (χ1n) is 8.88. The molecule has 1 heterocycles. The molecule has 0 fully saturated rings. The zero-order chi connectivity index (χ0) is 18.0.